The smallest absolute Gasteiger partial charge is 0.0963 e. The number of nitrogens with one attached hydrogen (secondary N) is 1. The fourth-order valence-corrected chi connectivity index (χ4v) is 0.950. The van der Waals surface area contributed by atoms with Gasteiger partial charge in [-0.2, -0.15) is 0 Å². The van der Waals surface area contributed by atoms with Gasteiger partial charge in [0.1, 0.15) is 0 Å². The molecule has 0 rings (SSSR count). The van der Waals surface area contributed by atoms with Gasteiger partial charge in [-0.25, -0.2) is 0 Å². The topological polar surface area (TPSA) is 73.3 Å². The molecule has 0 heterocycles. The summed E-state index contributed by atoms with van der Waals surface area (Å²) in [6.07, 6.45) is 0.836. The van der Waals surface area contributed by atoms with Gasteiger partial charge >= 0.3 is 0 Å². The fourth-order valence-electron chi connectivity index (χ4n) is 0.950. The zero-order chi connectivity index (χ0) is 11.4. The lowest BCUT2D eigenvalue weighted by Gasteiger charge is -2.28. The largest absolute Gasteiger partial charge is 0.395 e. The number of rotatable bonds is 6. The van der Waals surface area contributed by atoms with E-state index in [0.717, 1.165) is 13.0 Å². The van der Waals surface area contributed by atoms with Gasteiger partial charge in [0, 0.05) is 11.5 Å². The molecule has 0 aromatic rings. The Morgan fingerprint density at radius 2 is 2.07 bits per heavy atom. The van der Waals surface area contributed by atoms with Gasteiger partial charge in [-0.1, -0.05) is 13.8 Å². The molecule has 0 spiro atoms. The Bertz CT molecular complexity index is 192. The minimum Gasteiger partial charge on any atom is -0.395 e. The van der Waals surface area contributed by atoms with Crippen LogP contribution in [0, 0.1) is 10.8 Å². The molecule has 0 saturated heterocycles. The van der Waals surface area contributed by atoms with Crippen LogP contribution >= 0.6 is 0 Å². The molecular weight excluding hydrogens is 178 g/mol. The van der Waals surface area contributed by atoms with Crippen LogP contribution < -0.4 is 5.73 Å². The SMILES string of the molecule is CC(CO)N(C)CCC(C)(C)C(=N)N. The first-order chi connectivity index (χ1) is 6.31. The number of hydrogen-bond acceptors (Lipinski definition) is 3. The van der Waals surface area contributed by atoms with Crippen LogP contribution in [0.1, 0.15) is 27.2 Å². The summed E-state index contributed by atoms with van der Waals surface area (Å²) in [6.45, 7) is 6.91. The lowest BCUT2D eigenvalue weighted by Crippen LogP contribution is -2.38. The van der Waals surface area contributed by atoms with Crippen LogP contribution in [0.25, 0.3) is 0 Å². The maximum absolute atomic E-state index is 8.94. The van der Waals surface area contributed by atoms with Crippen LogP contribution in [0.2, 0.25) is 0 Å². The number of nitrogens with zero attached hydrogens (tertiary/aromatic N) is 1. The Morgan fingerprint density at radius 1 is 1.57 bits per heavy atom. The molecule has 0 aliphatic rings. The van der Waals surface area contributed by atoms with Crippen molar-refractivity contribution in [1.29, 1.82) is 5.41 Å². The highest BCUT2D eigenvalue weighted by Gasteiger charge is 2.22. The molecule has 0 bridgehead atoms. The molecule has 0 saturated carbocycles. The van der Waals surface area contributed by atoms with Gasteiger partial charge in [-0.15, -0.1) is 0 Å². The predicted molar refractivity (Wildman–Crippen MR) is 59.5 cm³/mol. The van der Waals surface area contributed by atoms with Crippen LogP contribution in [-0.2, 0) is 0 Å². The number of likely N-dealkylation sites (N-methyl/N-ethyl adjacent to an activating group) is 1. The summed E-state index contributed by atoms with van der Waals surface area (Å²) in [5.41, 5.74) is 5.23. The van der Waals surface area contributed by atoms with Gasteiger partial charge in [0.15, 0.2) is 0 Å². The van der Waals surface area contributed by atoms with Crippen molar-refractivity contribution >= 4 is 5.84 Å². The van der Waals surface area contributed by atoms with Crippen molar-refractivity contribution in [2.75, 3.05) is 20.2 Å². The second-order valence-corrected chi connectivity index (χ2v) is 4.56. The first-order valence-electron chi connectivity index (χ1n) is 4.97. The third kappa shape index (κ3) is 4.07. The molecule has 0 aliphatic heterocycles. The number of aliphatic hydroxyl groups excluding tert-OH is 1. The first-order valence-corrected chi connectivity index (χ1v) is 4.97. The second-order valence-electron chi connectivity index (χ2n) is 4.56. The molecule has 0 amide bonds. The third-order valence-corrected chi connectivity index (χ3v) is 2.84. The van der Waals surface area contributed by atoms with E-state index in [1.807, 2.05) is 27.8 Å². The summed E-state index contributed by atoms with van der Waals surface area (Å²) in [5, 5.41) is 16.3. The molecule has 4 nitrogen and oxygen atoms in total. The summed E-state index contributed by atoms with van der Waals surface area (Å²) in [5.74, 6) is 0.225. The molecular formula is C10H23N3O. The van der Waals surface area contributed by atoms with Crippen LogP contribution in [0.5, 0.6) is 0 Å². The van der Waals surface area contributed by atoms with Gasteiger partial charge in [0.25, 0.3) is 0 Å². The molecule has 0 aliphatic carbocycles. The zero-order valence-corrected chi connectivity index (χ0v) is 9.67. The van der Waals surface area contributed by atoms with Crippen molar-refractivity contribution < 1.29 is 5.11 Å². The molecule has 0 radical (unpaired) electrons. The Hall–Kier alpha value is -0.610. The van der Waals surface area contributed by atoms with Crippen LogP contribution in [-0.4, -0.2) is 42.1 Å². The van der Waals surface area contributed by atoms with Crippen molar-refractivity contribution in [3.8, 4) is 0 Å². The van der Waals surface area contributed by atoms with Crippen molar-refractivity contribution in [3.63, 3.8) is 0 Å². The molecule has 84 valence electrons. The minimum absolute atomic E-state index is 0.164. The lowest BCUT2D eigenvalue weighted by atomic mass is 9.88. The Kier molecular flexibility index (Phi) is 5.08. The maximum Gasteiger partial charge on any atom is 0.0963 e. The zero-order valence-electron chi connectivity index (χ0n) is 9.67. The van der Waals surface area contributed by atoms with Crippen molar-refractivity contribution in [2.45, 2.75) is 33.2 Å². The van der Waals surface area contributed by atoms with E-state index in [9.17, 15) is 0 Å². The number of nitrogens with two attached hydrogens (primary N) is 1. The van der Waals surface area contributed by atoms with E-state index in [4.69, 9.17) is 16.2 Å². The van der Waals surface area contributed by atoms with E-state index in [1.165, 1.54) is 0 Å². The van der Waals surface area contributed by atoms with E-state index in [2.05, 4.69) is 4.90 Å². The van der Waals surface area contributed by atoms with Gasteiger partial charge in [0.2, 0.25) is 0 Å². The van der Waals surface area contributed by atoms with E-state index < -0.39 is 0 Å². The summed E-state index contributed by atoms with van der Waals surface area (Å²) in [6, 6.07) is 0.165. The third-order valence-electron chi connectivity index (χ3n) is 2.84. The highest BCUT2D eigenvalue weighted by Crippen LogP contribution is 2.20. The van der Waals surface area contributed by atoms with Gasteiger partial charge < -0.3 is 15.7 Å². The summed E-state index contributed by atoms with van der Waals surface area (Å²) >= 11 is 0. The van der Waals surface area contributed by atoms with Crippen LogP contribution in [0.3, 0.4) is 0 Å². The predicted octanol–water partition coefficient (Wildman–Crippen LogP) is 0.651. The van der Waals surface area contributed by atoms with E-state index in [0.29, 0.717) is 0 Å². The average Bonchev–Trinajstić information content (AvgIpc) is 2.12. The molecule has 14 heavy (non-hydrogen) atoms. The average molecular weight is 201 g/mol. The van der Waals surface area contributed by atoms with Crippen molar-refractivity contribution in [2.24, 2.45) is 11.1 Å². The van der Waals surface area contributed by atoms with E-state index >= 15 is 0 Å². The normalized spacial score (nSPS) is 14.4. The molecule has 0 aromatic heterocycles. The summed E-state index contributed by atoms with van der Waals surface area (Å²) in [4.78, 5) is 2.07. The first kappa shape index (κ1) is 13.4. The highest BCUT2D eigenvalue weighted by atomic mass is 16.3. The molecule has 0 aromatic carbocycles. The summed E-state index contributed by atoms with van der Waals surface area (Å²) < 4.78 is 0. The van der Waals surface area contributed by atoms with Crippen molar-refractivity contribution in [3.05, 3.63) is 0 Å². The van der Waals surface area contributed by atoms with Crippen molar-refractivity contribution in [1.82, 2.24) is 4.90 Å². The second kappa shape index (κ2) is 5.32. The minimum atomic E-state index is -0.247. The van der Waals surface area contributed by atoms with E-state index in [1.54, 1.807) is 0 Å². The molecule has 4 heteroatoms. The highest BCUT2D eigenvalue weighted by molar-refractivity contribution is 5.82. The maximum atomic E-state index is 8.94. The Morgan fingerprint density at radius 3 is 2.43 bits per heavy atom. The molecule has 4 N–H and O–H groups in total. The number of hydrogen-bond donors (Lipinski definition) is 3. The quantitative estimate of drug-likeness (QED) is 0.436. The van der Waals surface area contributed by atoms with Gasteiger partial charge in [0.05, 0.1) is 12.4 Å². The molecule has 1 atom stereocenters. The standard InChI is InChI=1S/C10H23N3O/c1-8(7-14)13(4)6-5-10(2,3)9(11)12/h8,14H,5-7H2,1-4H3,(H3,11,12). The lowest BCUT2D eigenvalue weighted by molar-refractivity contribution is 0.150. The molecule has 1 unspecified atom stereocenters. The van der Waals surface area contributed by atoms with Crippen LogP contribution in [0.15, 0.2) is 0 Å². The fraction of sp³-hybridized carbons (Fsp3) is 0.900. The van der Waals surface area contributed by atoms with E-state index in [-0.39, 0.29) is 23.9 Å². The molecule has 0 fully saturated rings. The Balaban J connectivity index is 3.99. The van der Waals surface area contributed by atoms with Gasteiger partial charge in [-0.3, -0.25) is 5.41 Å². The summed E-state index contributed by atoms with van der Waals surface area (Å²) in [7, 11) is 1.97. The number of amidine groups is 1. The Labute approximate surface area is 86.6 Å². The number of aliphatic hydroxyl groups is 1. The van der Waals surface area contributed by atoms with Gasteiger partial charge in [-0.05, 0) is 26.9 Å². The van der Waals surface area contributed by atoms with Crippen LogP contribution in [0.4, 0.5) is 0 Å². The monoisotopic (exact) mass is 201 g/mol.